The first-order chi connectivity index (χ1) is 13.9. The lowest BCUT2D eigenvalue weighted by Crippen LogP contribution is -2.59. The number of aliphatic hydroxyl groups excluding tert-OH is 1. The molecule has 0 radical (unpaired) electrons. The Balaban J connectivity index is 1.48. The van der Waals surface area contributed by atoms with E-state index in [4.69, 9.17) is 0 Å². The number of hydrogen-bond donors (Lipinski definition) is 2. The lowest BCUT2D eigenvalue weighted by atomic mass is 9.43. The Morgan fingerprint density at radius 1 is 0.933 bits per heavy atom. The van der Waals surface area contributed by atoms with E-state index >= 15 is 0 Å². The van der Waals surface area contributed by atoms with Crippen molar-refractivity contribution in [3.63, 3.8) is 0 Å². The zero-order chi connectivity index (χ0) is 21.9. The molecule has 0 amide bonds. The fraction of sp³-hybridized carbons (Fsp3) is 1.00. The van der Waals surface area contributed by atoms with Crippen LogP contribution in [-0.2, 0) is 0 Å². The lowest BCUT2D eigenvalue weighted by Gasteiger charge is -2.62. The average Bonchev–Trinajstić information content (AvgIpc) is 2.98. The third-order valence-corrected chi connectivity index (χ3v) is 10.6. The molecule has 4 rings (SSSR count). The molecule has 174 valence electrons. The quantitative estimate of drug-likeness (QED) is 0.535. The van der Waals surface area contributed by atoms with E-state index in [1.165, 1.54) is 25.7 Å². The van der Waals surface area contributed by atoms with Gasteiger partial charge in [0.15, 0.2) is 5.60 Å². The minimum Gasteiger partial charge on any atom is -0.393 e. The van der Waals surface area contributed by atoms with E-state index in [2.05, 4.69) is 13.8 Å². The minimum absolute atomic E-state index is 0.00766. The fourth-order valence-electron chi connectivity index (χ4n) is 8.75. The van der Waals surface area contributed by atoms with Crippen LogP contribution in [0, 0.1) is 40.4 Å². The van der Waals surface area contributed by atoms with E-state index in [0.717, 1.165) is 38.0 Å². The number of aliphatic hydroxyl groups is 2. The molecule has 0 aromatic rings. The summed E-state index contributed by atoms with van der Waals surface area (Å²) >= 11 is 0. The highest BCUT2D eigenvalue weighted by Gasteiger charge is 2.64. The van der Waals surface area contributed by atoms with Crippen LogP contribution in [0.3, 0.4) is 0 Å². The van der Waals surface area contributed by atoms with Gasteiger partial charge in [0.25, 0.3) is 0 Å². The van der Waals surface area contributed by atoms with Gasteiger partial charge < -0.3 is 10.2 Å². The van der Waals surface area contributed by atoms with Crippen molar-refractivity contribution in [3.05, 3.63) is 0 Å². The SMILES string of the molecule is C[C@H](O)CCC[C@@H]1CC[C@H]2[C@@H]3CC[C@H]4C[C@](O)(C(F)(F)F)CC[C@]4(C)[C@H]3CC[C@]12C. The second-order valence-corrected chi connectivity index (χ2v) is 12.0. The van der Waals surface area contributed by atoms with Crippen molar-refractivity contribution in [3.8, 4) is 0 Å². The van der Waals surface area contributed by atoms with Gasteiger partial charge in [-0.1, -0.05) is 20.3 Å². The van der Waals surface area contributed by atoms with Gasteiger partial charge >= 0.3 is 6.18 Å². The summed E-state index contributed by atoms with van der Waals surface area (Å²) in [5, 5.41) is 20.0. The van der Waals surface area contributed by atoms with Crippen LogP contribution >= 0.6 is 0 Å². The van der Waals surface area contributed by atoms with Crippen molar-refractivity contribution in [2.75, 3.05) is 0 Å². The average molecular weight is 431 g/mol. The van der Waals surface area contributed by atoms with Crippen molar-refractivity contribution >= 4 is 0 Å². The highest BCUT2D eigenvalue weighted by Crippen LogP contribution is 2.69. The molecule has 4 fully saturated rings. The zero-order valence-corrected chi connectivity index (χ0v) is 19.0. The molecule has 0 aliphatic heterocycles. The van der Waals surface area contributed by atoms with Gasteiger partial charge in [-0.25, -0.2) is 0 Å². The first kappa shape index (κ1) is 22.9. The Morgan fingerprint density at radius 3 is 2.30 bits per heavy atom. The van der Waals surface area contributed by atoms with Gasteiger partial charge in [0.1, 0.15) is 0 Å². The first-order valence-corrected chi connectivity index (χ1v) is 12.4. The molecular weight excluding hydrogens is 389 g/mol. The number of halogens is 3. The normalized spacial score (nSPS) is 49.8. The Labute approximate surface area is 180 Å². The molecule has 0 heterocycles. The number of alkyl halides is 3. The second-order valence-electron chi connectivity index (χ2n) is 12.0. The highest BCUT2D eigenvalue weighted by molar-refractivity contribution is 5.11. The Morgan fingerprint density at radius 2 is 1.63 bits per heavy atom. The summed E-state index contributed by atoms with van der Waals surface area (Å²) in [4.78, 5) is 0. The van der Waals surface area contributed by atoms with E-state index < -0.39 is 11.8 Å². The van der Waals surface area contributed by atoms with Gasteiger partial charge in [0, 0.05) is 0 Å². The number of hydrogen-bond acceptors (Lipinski definition) is 2. The van der Waals surface area contributed by atoms with Crippen LogP contribution in [0.5, 0.6) is 0 Å². The molecule has 0 aromatic heterocycles. The van der Waals surface area contributed by atoms with E-state index in [0.29, 0.717) is 29.6 Å². The molecular formula is C25H41F3O2. The summed E-state index contributed by atoms with van der Waals surface area (Å²) in [7, 11) is 0. The predicted octanol–water partition coefficient (Wildman–Crippen LogP) is 6.49. The molecule has 5 heteroatoms. The summed E-state index contributed by atoms with van der Waals surface area (Å²) in [6, 6.07) is 0. The van der Waals surface area contributed by atoms with E-state index in [1.807, 2.05) is 6.92 Å². The maximum Gasteiger partial charge on any atom is 0.417 e. The van der Waals surface area contributed by atoms with Gasteiger partial charge in [-0.3, -0.25) is 0 Å². The van der Waals surface area contributed by atoms with Crippen molar-refractivity contribution < 1.29 is 23.4 Å². The second kappa shape index (κ2) is 7.64. The van der Waals surface area contributed by atoms with Crippen LogP contribution in [0.1, 0.15) is 97.8 Å². The van der Waals surface area contributed by atoms with Crippen molar-refractivity contribution in [1.82, 2.24) is 0 Å². The van der Waals surface area contributed by atoms with Gasteiger partial charge in [-0.05, 0) is 118 Å². The predicted molar refractivity (Wildman–Crippen MR) is 112 cm³/mol. The Hall–Kier alpha value is -0.290. The molecule has 0 saturated heterocycles. The van der Waals surface area contributed by atoms with Gasteiger partial charge in [-0.15, -0.1) is 0 Å². The van der Waals surface area contributed by atoms with Gasteiger partial charge in [-0.2, -0.15) is 13.2 Å². The fourth-order valence-corrected chi connectivity index (χ4v) is 8.75. The molecule has 30 heavy (non-hydrogen) atoms. The van der Waals surface area contributed by atoms with E-state index in [9.17, 15) is 23.4 Å². The molecule has 2 nitrogen and oxygen atoms in total. The summed E-state index contributed by atoms with van der Waals surface area (Å²) in [6.45, 7) is 6.61. The molecule has 0 spiro atoms. The molecule has 0 bridgehead atoms. The largest absolute Gasteiger partial charge is 0.417 e. The Kier molecular flexibility index (Phi) is 5.83. The smallest absolute Gasteiger partial charge is 0.393 e. The van der Waals surface area contributed by atoms with Crippen molar-refractivity contribution in [2.45, 2.75) is 116 Å². The summed E-state index contributed by atoms with van der Waals surface area (Å²) in [6.07, 6.45) is 5.49. The monoisotopic (exact) mass is 430 g/mol. The molecule has 0 unspecified atom stereocenters. The minimum atomic E-state index is -4.51. The molecule has 4 aliphatic carbocycles. The van der Waals surface area contributed by atoms with Gasteiger partial charge in [0.05, 0.1) is 6.10 Å². The summed E-state index contributed by atoms with van der Waals surface area (Å²) in [5.41, 5.74) is -2.16. The maximum atomic E-state index is 13.5. The molecule has 2 N–H and O–H groups in total. The van der Waals surface area contributed by atoms with Crippen LogP contribution in [0.4, 0.5) is 13.2 Å². The number of rotatable bonds is 4. The summed E-state index contributed by atoms with van der Waals surface area (Å²) in [5.74, 6) is 2.59. The van der Waals surface area contributed by atoms with Crippen LogP contribution in [0.15, 0.2) is 0 Å². The zero-order valence-electron chi connectivity index (χ0n) is 19.0. The highest BCUT2D eigenvalue weighted by atomic mass is 19.4. The molecule has 4 saturated carbocycles. The number of fused-ring (bicyclic) bond motifs is 5. The third-order valence-electron chi connectivity index (χ3n) is 10.6. The van der Waals surface area contributed by atoms with E-state index in [1.54, 1.807) is 0 Å². The molecule has 9 atom stereocenters. The Bertz CT molecular complexity index is 634. The lowest BCUT2D eigenvalue weighted by molar-refractivity contribution is -0.290. The molecule has 0 aromatic carbocycles. The van der Waals surface area contributed by atoms with Crippen LogP contribution in [-0.4, -0.2) is 28.1 Å². The summed E-state index contributed by atoms with van der Waals surface area (Å²) < 4.78 is 40.5. The van der Waals surface area contributed by atoms with Crippen LogP contribution in [0.25, 0.3) is 0 Å². The maximum absolute atomic E-state index is 13.5. The van der Waals surface area contributed by atoms with E-state index in [-0.39, 0.29) is 30.3 Å². The first-order valence-electron chi connectivity index (χ1n) is 12.4. The standard InChI is InChI=1S/C25H41F3O2/c1-16(29)5-4-6-17-8-10-20-19-9-7-18-15-24(30,25(26,27)28)14-13-23(18,3)21(19)11-12-22(17,20)2/h16-21,29-30H,4-15H2,1-3H3/t16-,17+,18-,19-,20-,21-,22+,23-,24-/m0/s1. The van der Waals surface area contributed by atoms with Crippen LogP contribution in [0.2, 0.25) is 0 Å². The molecule has 4 aliphatic rings. The third kappa shape index (κ3) is 3.54. The van der Waals surface area contributed by atoms with Crippen molar-refractivity contribution in [2.24, 2.45) is 40.4 Å². The van der Waals surface area contributed by atoms with Crippen molar-refractivity contribution in [1.29, 1.82) is 0 Å². The topological polar surface area (TPSA) is 40.5 Å². The van der Waals surface area contributed by atoms with Crippen LogP contribution < -0.4 is 0 Å². The van der Waals surface area contributed by atoms with Gasteiger partial charge in [0.2, 0.25) is 0 Å².